The number of hydrogen-bond acceptors (Lipinski definition) is 5. The highest BCUT2D eigenvalue weighted by atomic mass is 79.9. The number of nitrogens with one attached hydrogen (secondary N) is 1. The summed E-state index contributed by atoms with van der Waals surface area (Å²) < 4.78 is 12.4. The quantitative estimate of drug-likeness (QED) is 0.243. The number of benzene rings is 2. The summed E-state index contributed by atoms with van der Waals surface area (Å²) in [5.41, 5.74) is 2.92. The lowest BCUT2D eigenvalue weighted by atomic mass is 9.72. The van der Waals surface area contributed by atoms with Crippen LogP contribution in [0.25, 0.3) is 21.6 Å². The van der Waals surface area contributed by atoms with E-state index in [9.17, 15) is 4.79 Å². The highest BCUT2D eigenvalue weighted by Gasteiger charge is 2.31. The van der Waals surface area contributed by atoms with Crippen molar-refractivity contribution in [2.45, 2.75) is 46.6 Å². The van der Waals surface area contributed by atoms with Crippen molar-refractivity contribution in [3.8, 4) is 22.9 Å². The van der Waals surface area contributed by atoms with E-state index < -0.39 is 0 Å². The smallest absolute Gasteiger partial charge is 0.260 e. The van der Waals surface area contributed by atoms with E-state index in [0.29, 0.717) is 37.8 Å². The Morgan fingerprint density at radius 1 is 1.19 bits per heavy atom. The van der Waals surface area contributed by atoms with Crippen LogP contribution in [0, 0.1) is 11.3 Å². The maximum absolute atomic E-state index is 13.2. The number of aryl methyl sites for hydroxylation is 1. The van der Waals surface area contributed by atoms with Gasteiger partial charge in [-0.3, -0.25) is 4.79 Å². The Bertz CT molecular complexity index is 1560. The molecule has 2 aromatic carbocycles. The topological polar surface area (TPSA) is 64.2 Å². The predicted octanol–water partition coefficient (Wildman–Crippen LogP) is 8.46. The van der Waals surface area contributed by atoms with Gasteiger partial charge in [0, 0.05) is 10.4 Å². The highest BCUT2D eigenvalue weighted by molar-refractivity contribution is 9.10. The summed E-state index contributed by atoms with van der Waals surface area (Å²) in [7, 11) is 1.58. The van der Waals surface area contributed by atoms with Crippen LogP contribution in [0.5, 0.6) is 11.5 Å². The molecule has 2 heterocycles. The minimum absolute atomic E-state index is 0.0956. The fourth-order valence-corrected chi connectivity index (χ4v) is 7.02. The summed E-state index contributed by atoms with van der Waals surface area (Å²) in [6, 6.07) is 9.06. The Hall–Kier alpha value is -2.06. The number of aromatic nitrogens is 2. The molecule has 0 aliphatic heterocycles. The van der Waals surface area contributed by atoms with Crippen molar-refractivity contribution in [2.75, 3.05) is 7.11 Å². The van der Waals surface area contributed by atoms with Crippen LogP contribution in [-0.4, -0.2) is 17.1 Å². The summed E-state index contributed by atoms with van der Waals surface area (Å²) in [5.74, 6) is 2.16. The molecule has 1 aliphatic carbocycles. The molecule has 4 aromatic rings. The van der Waals surface area contributed by atoms with Crippen molar-refractivity contribution in [3.63, 3.8) is 0 Å². The van der Waals surface area contributed by atoms with Gasteiger partial charge in [0.15, 0.2) is 11.5 Å². The Balaban J connectivity index is 1.47. The van der Waals surface area contributed by atoms with Gasteiger partial charge in [-0.2, -0.15) is 0 Å². The van der Waals surface area contributed by atoms with Gasteiger partial charge in [0.25, 0.3) is 5.56 Å². The molecule has 5 nitrogen and oxygen atoms in total. The Morgan fingerprint density at radius 2 is 1.97 bits per heavy atom. The van der Waals surface area contributed by atoms with Crippen LogP contribution in [0.2, 0.25) is 10.0 Å². The van der Waals surface area contributed by atoms with Gasteiger partial charge in [0.1, 0.15) is 17.3 Å². The normalized spacial score (nSPS) is 15.6. The largest absolute Gasteiger partial charge is 0.493 e. The fourth-order valence-electron chi connectivity index (χ4n) is 4.84. The van der Waals surface area contributed by atoms with E-state index >= 15 is 0 Å². The first-order valence-electron chi connectivity index (χ1n) is 12.0. The van der Waals surface area contributed by atoms with Crippen LogP contribution < -0.4 is 15.0 Å². The van der Waals surface area contributed by atoms with Gasteiger partial charge in [-0.1, -0.05) is 50.0 Å². The van der Waals surface area contributed by atoms with Crippen molar-refractivity contribution in [3.05, 3.63) is 71.2 Å². The lowest BCUT2D eigenvalue weighted by molar-refractivity contribution is 0.218. The molecule has 1 unspecified atom stereocenters. The maximum atomic E-state index is 13.2. The number of rotatable bonds is 5. The van der Waals surface area contributed by atoms with Crippen LogP contribution in [0.3, 0.4) is 0 Å². The average molecular weight is 622 g/mol. The van der Waals surface area contributed by atoms with Crippen molar-refractivity contribution in [2.24, 2.45) is 11.3 Å². The molecule has 0 amide bonds. The minimum atomic E-state index is -0.0956. The number of thiophene rings is 1. The molecule has 0 spiro atoms. The highest BCUT2D eigenvalue weighted by Crippen LogP contribution is 2.43. The van der Waals surface area contributed by atoms with Gasteiger partial charge in [-0.15, -0.1) is 11.3 Å². The number of aromatic amines is 1. The molecule has 2 aromatic heterocycles. The molecule has 194 valence electrons. The van der Waals surface area contributed by atoms with Gasteiger partial charge >= 0.3 is 0 Å². The van der Waals surface area contributed by atoms with Crippen LogP contribution in [0.15, 0.2) is 39.6 Å². The van der Waals surface area contributed by atoms with Gasteiger partial charge < -0.3 is 14.5 Å². The molecule has 5 rings (SSSR count). The van der Waals surface area contributed by atoms with E-state index in [2.05, 4.69) is 41.7 Å². The number of halogens is 3. The van der Waals surface area contributed by atoms with Gasteiger partial charge in [0.05, 0.1) is 27.0 Å². The molecule has 9 heteroatoms. The third-order valence-electron chi connectivity index (χ3n) is 7.01. The van der Waals surface area contributed by atoms with Crippen molar-refractivity contribution in [1.82, 2.24) is 9.97 Å². The molecule has 0 radical (unpaired) electrons. The molecule has 1 N–H and O–H groups in total. The van der Waals surface area contributed by atoms with Gasteiger partial charge in [0.2, 0.25) is 0 Å². The van der Waals surface area contributed by atoms with E-state index in [-0.39, 0.29) is 17.6 Å². The third kappa shape index (κ3) is 5.29. The average Bonchev–Trinajstić information content (AvgIpc) is 3.22. The number of nitrogens with zero attached hydrogens (tertiary/aromatic N) is 1. The standard InChI is InChI=1S/C28H27BrCl2N2O3S/c1-28(2,3)16-6-7-17-22(12-16)37-27-23(17)26(34)32-25(33-27)15-10-18(29)24(21(11-15)35-4)36-13-14-5-8-19(30)20(31)9-14/h5,8-11,16H,6-7,12-13H2,1-4H3,(H,32,33,34). The second-order valence-electron chi connectivity index (χ2n) is 10.4. The van der Waals surface area contributed by atoms with Crippen LogP contribution in [-0.2, 0) is 19.4 Å². The molecular formula is C28H27BrCl2N2O3S. The summed E-state index contributed by atoms with van der Waals surface area (Å²) in [6.45, 7) is 7.16. The minimum Gasteiger partial charge on any atom is -0.493 e. The van der Waals surface area contributed by atoms with Gasteiger partial charge in [-0.25, -0.2) is 4.98 Å². The molecule has 0 bridgehead atoms. The monoisotopic (exact) mass is 620 g/mol. The van der Waals surface area contributed by atoms with Crippen LogP contribution in [0.4, 0.5) is 0 Å². The SMILES string of the molecule is COc1cc(-c2nc3sc4c(c3c(=O)[nH]2)CCC(C(C)(C)C)C4)cc(Br)c1OCc1ccc(Cl)c(Cl)c1. The summed E-state index contributed by atoms with van der Waals surface area (Å²) >= 11 is 17.4. The van der Waals surface area contributed by atoms with E-state index in [1.807, 2.05) is 18.2 Å². The van der Waals surface area contributed by atoms with Crippen LogP contribution in [0.1, 0.15) is 43.2 Å². The first-order valence-corrected chi connectivity index (χ1v) is 14.4. The zero-order valence-corrected chi connectivity index (χ0v) is 24.9. The predicted molar refractivity (Wildman–Crippen MR) is 156 cm³/mol. The number of hydrogen-bond donors (Lipinski definition) is 1. The first kappa shape index (κ1) is 26.5. The molecule has 0 saturated carbocycles. The maximum Gasteiger partial charge on any atom is 0.260 e. The van der Waals surface area contributed by atoms with E-state index in [0.717, 1.165) is 40.6 Å². The van der Waals surface area contributed by atoms with E-state index in [4.69, 9.17) is 37.7 Å². The third-order valence-corrected chi connectivity index (χ3v) is 9.49. The molecule has 1 aliphatic rings. The number of H-pyrrole nitrogens is 1. The molecule has 0 saturated heterocycles. The molecule has 37 heavy (non-hydrogen) atoms. The fraction of sp³-hybridized carbons (Fsp3) is 0.357. The van der Waals surface area contributed by atoms with E-state index in [1.54, 1.807) is 30.6 Å². The summed E-state index contributed by atoms with van der Waals surface area (Å²) in [6.07, 6.45) is 3.02. The molecular weight excluding hydrogens is 595 g/mol. The van der Waals surface area contributed by atoms with Crippen molar-refractivity contribution in [1.29, 1.82) is 0 Å². The zero-order valence-electron chi connectivity index (χ0n) is 21.0. The lowest BCUT2D eigenvalue weighted by Crippen LogP contribution is -2.26. The second-order valence-corrected chi connectivity index (χ2v) is 13.2. The Kier molecular flexibility index (Phi) is 7.35. The first-order chi connectivity index (χ1) is 17.5. The summed E-state index contributed by atoms with van der Waals surface area (Å²) in [5, 5.41) is 1.70. The molecule has 0 fully saturated rings. The second kappa shape index (κ2) is 10.3. The zero-order chi connectivity index (χ0) is 26.5. The molecule has 1 atom stereocenters. The summed E-state index contributed by atoms with van der Waals surface area (Å²) in [4.78, 5) is 23.2. The number of methoxy groups -OCH3 is 1. The van der Waals surface area contributed by atoms with E-state index in [1.165, 1.54) is 10.4 Å². The number of fused-ring (bicyclic) bond motifs is 3. The van der Waals surface area contributed by atoms with Crippen molar-refractivity contribution >= 4 is 60.7 Å². The van der Waals surface area contributed by atoms with Crippen molar-refractivity contribution < 1.29 is 9.47 Å². The van der Waals surface area contributed by atoms with Gasteiger partial charge in [-0.05, 0) is 81.9 Å². The Labute approximate surface area is 238 Å². The number of ether oxygens (including phenoxy) is 2. The lowest BCUT2D eigenvalue weighted by Gasteiger charge is -2.33. The van der Waals surface area contributed by atoms with Crippen LogP contribution >= 0.6 is 50.5 Å². The Morgan fingerprint density at radius 3 is 2.68 bits per heavy atom.